The van der Waals surface area contributed by atoms with E-state index in [2.05, 4.69) is 39.8 Å². The highest BCUT2D eigenvalue weighted by atomic mass is 32.1. The summed E-state index contributed by atoms with van der Waals surface area (Å²) in [7, 11) is 4.04. The number of hydrogen-bond acceptors (Lipinski definition) is 12. The van der Waals surface area contributed by atoms with Gasteiger partial charge in [0.1, 0.15) is 23.4 Å². The van der Waals surface area contributed by atoms with Gasteiger partial charge >= 0.3 is 0 Å². The SMILES string of the molecule is CN(C)c1ccc(-c2nc3ccc(OCCOCCOCCOCCNc4cccc5c4C(=O)N(C4CCC(=O)NC4=O)C5=O)cc3s2)cc1. The second kappa shape index (κ2) is 16.2. The minimum atomic E-state index is -1.01. The summed E-state index contributed by atoms with van der Waals surface area (Å²) < 4.78 is 23.8. The molecular formula is C36H39N5O8S. The average molecular weight is 702 g/mol. The van der Waals surface area contributed by atoms with Crippen LogP contribution in [0.2, 0.25) is 0 Å². The first-order valence-corrected chi connectivity index (χ1v) is 17.2. The van der Waals surface area contributed by atoms with Crippen molar-refractivity contribution >= 4 is 56.6 Å². The van der Waals surface area contributed by atoms with E-state index in [0.717, 1.165) is 37.1 Å². The molecule has 4 aromatic rings. The van der Waals surface area contributed by atoms with Crippen LogP contribution in [0.5, 0.6) is 5.75 Å². The highest BCUT2D eigenvalue weighted by Crippen LogP contribution is 2.34. The van der Waals surface area contributed by atoms with Gasteiger partial charge in [-0.05, 0) is 61.0 Å². The number of rotatable bonds is 17. The van der Waals surface area contributed by atoms with Crippen LogP contribution < -0.4 is 20.3 Å². The lowest BCUT2D eigenvalue weighted by Crippen LogP contribution is -2.54. The van der Waals surface area contributed by atoms with Gasteiger partial charge in [-0.2, -0.15) is 0 Å². The van der Waals surface area contributed by atoms with Crippen molar-refractivity contribution in [2.75, 3.05) is 77.1 Å². The number of thiazole rings is 1. The number of benzene rings is 3. The van der Waals surface area contributed by atoms with Gasteiger partial charge in [0.05, 0.1) is 61.0 Å². The molecule has 2 aliphatic heterocycles. The molecular weight excluding hydrogens is 662 g/mol. The molecule has 3 heterocycles. The Morgan fingerprint density at radius 1 is 0.880 bits per heavy atom. The third-order valence-corrected chi connectivity index (χ3v) is 9.33. The molecule has 2 N–H and O–H groups in total. The Kier molecular flexibility index (Phi) is 11.3. The molecule has 6 rings (SSSR count). The van der Waals surface area contributed by atoms with Crippen molar-refractivity contribution in [1.82, 2.24) is 15.2 Å². The minimum absolute atomic E-state index is 0.0694. The van der Waals surface area contributed by atoms with Crippen LogP contribution >= 0.6 is 11.3 Å². The number of imide groups is 2. The maximum absolute atomic E-state index is 13.2. The number of aromatic nitrogens is 1. The number of fused-ring (bicyclic) bond motifs is 2. The zero-order valence-corrected chi connectivity index (χ0v) is 28.8. The lowest BCUT2D eigenvalue weighted by atomic mass is 10.0. The molecule has 14 heteroatoms. The molecule has 262 valence electrons. The van der Waals surface area contributed by atoms with Gasteiger partial charge in [-0.25, -0.2) is 4.98 Å². The second-order valence-corrected chi connectivity index (χ2v) is 12.9. The number of anilines is 2. The first-order valence-electron chi connectivity index (χ1n) is 16.4. The third-order valence-electron chi connectivity index (χ3n) is 8.26. The van der Waals surface area contributed by atoms with Gasteiger partial charge in [-0.15, -0.1) is 11.3 Å². The molecule has 4 amide bonds. The lowest BCUT2D eigenvalue weighted by molar-refractivity contribution is -0.136. The molecule has 1 atom stereocenters. The largest absolute Gasteiger partial charge is 0.491 e. The Labute approximate surface area is 293 Å². The van der Waals surface area contributed by atoms with E-state index in [-0.39, 0.29) is 24.0 Å². The van der Waals surface area contributed by atoms with Gasteiger partial charge in [0.25, 0.3) is 11.8 Å². The summed E-state index contributed by atoms with van der Waals surface area (Å²) in [6, 6.07) is 18.2. The molecule has 1 saturated heterocycles. The van der Waals surface area contributed by atoms with Gasteiger partial charge in [0.2, 0.25) is 11.8 Å². The zero-order valence-electron chi connectivity index (χ0n) is 27.9. The third kappa shape index (κ3) is 8.11. The predicted molar refractivity (Wildman–Crippen MR) is 189 cm³/mol. The first-order chi connectivity index (χ1) is 24.3. The molecule has 2 aliphatic rings. The Bertz CT molecular complexity index is 1860. The van der Waals surface area contributed by atoms with Crippen molar-refractivity contribution < 1.29 is 38.1 Å². The summed E-state index contributed by atoms with van der Waals surface area (Å²) in [6.07, 6.45) is 0.177. The van der Waals surface area contributed by atoms with Crippen LogP contribution in [-0.4, -0.2) is 106 Å². The molecule has 3 aromatic carbocycles. The smallest absolute Gasteiger partial charge is 0.264 e. The molecule has 0 radical (unpaired) electrons. The molecule has 0 bridgehead atoms. The molecule has 13 nitrogen and oxygen atoms in total. The van der Waals surface area contributed by atoms with Crippen LogP contribution in [0.25, 0.3) is 20.8 Å². The van der Waals surface area contributed by atoms with E-state index in [1.165, 1.54) is 0 Å². The molecule has 0 saturated carbocycles. The van der Waals surface area contributed by atoms with Crippen molar-refractivity contribution in [1.29, 1.82) is 0 Å². The summed E-state index contributed by atoms with van der Waals surface area (Å²) in [6.45, 7) is 3.20. The number of piperidine rings is 1. The summed E-state index contributed by atoms with van der Waals surface area (Å²) in [4.78, 5) is 57.8. The van der Waals surface area contributed by atoms with E-state index in [4.69, 9.17) is 23.9 Å². The Balaban J connectivity index is 0.826. The fourth-order valence-electron chi connectivity index (χ4n) is 5.70. The Hall–Kier alpha value is -4.89. The van der Waals surface area contributed by atoms with Crippen molar-refractivity contribution in [2.24, 2.45) is 0 Å². The predicted octanol–water partition coefficient (Wildman–Crippen LogP) is 3.97. The Morgan fingerprint density at radius 2 is 1.60 bits per heavy atom. The van der Waals surface area contributed by atoms with E-state index in [0.29, 0.717) is 58.5 Å². The van der Waals surface area contributed by atoms with Crippen LogP contribution in [0, 0.1) is 0 Å². The first kappa shape index (κ1) is 35.0. The van der Waals surface area contributed by atoms with Crippen molar-refractivity contribution in [3.8, 4) is 16.3 Å². The van der Waals surface area contributed by atoms with Crippen molar-refractivity contribution in [3.63, 3.8) is 0 Å². The molecule has 1 unspecified atom stereocenters. The second-order valence-electron chi connectivity index (χ2n) is 11.9. The number of amides is 4. The summed E-state index contributed by atoms with van der Waals surface area (Å²) in [5.74, 6) is -1.38. The van der Waals surface area contributed by atoms with E-state index < -0.39 is 29.7 Å². The number of carbonyl (C=O) groups excluding carboxylic acids is 4. The zero-order chi connectivity index (χ0) is 35.0. The van der Waals surface area contributed by atoms with Gasteiger partial charge in [-0.1, -0.05) is 6.07 Å². The summed E-state index contributed by atoms with van der Waals surface area (Å²) in [5.41, 5.74) is 4.10. The van der Waals surface area contributed by atoms with Crippen LogP contribution in [0.15, 0.2) is 60.7 Å². The quantitative estimate of drug-likeness (QED) is 0.122. The van der Waals surface area contributed by atoms with E-state index in [9.17, 15) is 19.2 Å². The van der Waals surface area contributed by atoms with Gasteiger partial charge in [0.15, 0.2) is 0 Å². The number of hydrogen-bond donors (Lipinski definition) is 2. The maximum Gasteiger partial charge on any atom is 0.264 e. The monoisotopic (exact) mass is 701 g/mol. The molecule has 0 aliphatic carbocycles. The van der Waals surface area contributed by atoms with Crippen LogP contribution in [0.4, 0.5) is 11.4 Å². The van der Waals surface area contributed by atoms with Crippen LogP contribution in [-0.2, 0) is 23.8 Å². The van der Waals surface area contributed by atoms with Gasteiger partial charge in [-0.3, -0.25) is 29.4 Å². The van der Waals surface area contributed by atoms with E-state index >= 15 is 0 Å². The topological polar surface area (TPSA) is 149 Å². The molecule has 50 heavy (non-hydrogen) atoms. The summed E-state index contributed by atoms with van der Waals surface area (Å²) in [5, 5.41) is 6.32. The summed E-state index contributed by atoms with van der Waals surface area (Å²) >= 11 is 1.64. The maximum atomic E-state index is 13.2. The van der Waals surface area contributed by atoms with Gasteiger partial charge < -0.3 is 29.2 Å². The standard InChI is InChI=1S/C36H39N5O8S/c1-40(2)24-8-6-23(7-9-24)34-38-27-11-10-25(22-30(27)50-34)49-21-20-48-19-18-47-17-16-46-15-14-37-28-5-3-4-26-32(28)36(45)41(35(26)44)29-12-13-31(42)39-33(29)43/h3-11,22,29,37H,12-21H2,1-2H3,(H,39,42,43). The molecule has 1 fully saturated rings. The van der Waals surface area contributed by atoms with E-state index in [1.54, 1.807) is 29.5 Å². The lowest BCUT2D eigenvalue weighted by Gasteiger charge is -2.27. The minimum Gasteiger partial charge on any atom is -0.491 e. The van der Waals surface area contributed by atoms with Crippen molar-refractivity contribution in [2.45, 2.75) is 18.9 Å². The Morgan fingerprint density at radius 3 is 2.32 bits per heavy atom. The number of nitrogens with zero attached hydrogens (tertiary/aromatic N) is 3. The highest BCUT2D eigenvalue weighted by Gasteiger charge is 2.45. The number of ether oxygens (including phenoxy) is 4. The fraction of sp³-hybridized carbons (Fsp3) is 0.361. The average Bonchev–Trinajstić information content (AvgIpc) is 3.65. The van der Waals surface area contributed by atoms with E-state index in [1.807, 2.05) is 32.3 Å². The normalized spacial score (nSPS) is 15.8. The van der Waals surface area contributed by atoms with Crippen LogP contribution in [0.3, 0.4) is 0 Å². The van der Waals surface area contributed by atoms with Crippen LogP contribution in [0.1, 0.15) is 33.6 Å². The fourth-order valence-corrected chi connectivity index (χ4v) is 6.70. The van der Waals surface area contributed by atoms with Crippen molar-refractivity contribution in [3.05, 3.63) is 71.8 Å². The number of carbonyl (C=O) groups is 4. The van der Waals surface area contributed by atoms with Gasteiger partial charge in [0, 0.05) is 44.0 Å². The highest BCUT2D eigenvalue weighted by molar-refractivity contribution is 7.21. The number of nitrogens with one attached hydrogen (secondary N) is 2. The molecule has 0 spiro atoms. The molecule has 1 aromatic heterocycles.